The predicted molar refractivity (Wildman–Crippen MR) is 61.8 cm³/mol. The molecule has 0 aliphatic carbocycles. The smallest absolute Gasteiger partial charge is 0.405 e. The van der Waals surface area contributed by atoms with Crippen molar-refractivity contribution >= 4 is 11.7 Å². The molecule has 0 aliphatic heterocycles. The van der Waals surface area contributed by atoms with E-state index in [4.69, 9.17) is 10.4 Å². The van der Waals surface area contributed by atoms with Gasteiger partial charge in [-0.15, -0.1) is 0 Å². The van der Waals surface area contributed by atoms with Crippen LogP contribution in [0.15, 0.2) is 18.2 Å². The number of anilines is 1. The number of hydrogen-bond donors (Lipinski definition) is 1. The molecule has 102 valence electrons. The molecule has 0 fully saturated rings. The maximum atomic E-state index is 12.5. The maximum absolute atomic E-state index is 12.5. The molecule has 0 saturated carbocycles. The maximum Gasteiger partial charge on any atom is 0.405 e. The molecule has 19 heavy (non-hydrogen) atoms. The van der Waals surface area contributed by atoms with Crippen LogP contribution in [0.2, 0.25) is 0 Å². The van der Waals surface area contributed by atoms with Crippen LogP contribution in [-0.2, 0) is 4.79 Å². The molecule has 0 saturated heterocycles. The van der Waals surface area contributed by atoms with E-state index >= 15 is 0 Å². The minimum Gasteiger partial charge on any atom is -0.480 e. The SMILES string of the molecule is Cc1cccc(C#N)c1N(CC(=O)O)CC(F)(F)F. The van der Waals surface area contributed by atoms with Gasteiger partial charge in [0.25, 0.3) is 0 Å². The van der Waals surface area contributed by atoms with Crippen molar-refractivity contribution in [2.24, 2.45) is 0 Å². The average molecular weight is 272 g/mol. The Hall–Kier alpha value is -2.23. The molecule has 1 rings (SSSR count). The molecule has 0 unspecified atom stereocenters. The number of nitriles is 1. The number of carboxylic acids is 1. The van der Waals surface area contributed by atoms with Gasteiger partial charge in [0.1, 0.15) is 19.2 Å². The number of hydrogen-bond acceptors (Lipinski definition) is 3. The predicted octanol–water partition coefficient (Wildman–Crippen LogP) is 2.32. The Morgan fingerprint density at radius 2 is 2.11 bits per heavy atom. The van der Waals surface area contributed by atoms with Gasteiger partial charge in [0.05, 0.1) is 11.3 Å². The third-order valence-electron chi connectivity index (χ3n) is 2.37. The Kier molecular flexibility index (Phi) is 4.38. The van der Waals surface area contributed by atoms with Gasteiger partial charge in [-0.1, -0.05) is 12.1 Å². The van der Waals surface area contributed by atoms with Crippen LogP contribution in [0.1, 0.15) is 11.1 Å². The van der Waals surface area contributed by atoms with E-state index in [2.05, 4.69) is 0 Å². The van der Waals surface area contributed by atoms with E-state index < -0.39 is 25.2 Å². The van der Waals surface area contributed by atoms with Crippen LogP contribution in [0.3, 0.4) is 0 Å². The second-order valence-electron chi connectivity index (χ2n) is 3.95. The highest BCUT2D eigenvalue weighted by molar-refractivity contribution is 5.76. The summed E-state index contributed by atoms with van der Waals surface area (Å²) in [5.41, 5.74) is 0.444. The summed E-state index contributed by atoms with van der Waals surface area (Å²) in [6, 6.07) is 6.19. The molecule has 0 bridgehead atoms. The van der Waals surface area contributed by atoms with Gasteiger partial charge in [-0.25, -0.2) is 0 Å². The lowest BCUT2D eigenvalue weighted by Gasteiger charge is -2.26. The molecule has 1 N–H and O–H groups in total. The van der Waals surface area contributed by atoms with Gasteiger partial charge in [0, 0.05) is 0 Å². The molecule has 0 heterocycles. The molecular formula is C12H11F3N2O2. The van der Waals surface area contributed by atoms with Crippen LogP contribution in [-0.4, -0.2) is 30.3 Å². The Balaban J connectivity index is 3.25. The van der Waals surface area contributed by atoms with Crippen LogP contribution in [0.4, 0.5) is 18.9 Å². The van der Waals surface area contributed by atoms with Gasteiger partial charge < -0.3 is 10.0 Å². The molecule has 7 heteroatoms. The zero-order chi connectivity index (χ0) is 14.6. The van der Waals surface area contributed by atoms with Crippen LogP contribution >= 0.6 is 0 Å². The second-order valence-corrected chi connectivity index (χ2v) is 3.95. The summed E-state index contributed by atoms with van der Waals surface area (Å²) in [7, 11) is 0. The molecule has 0 aliphatic rings. The standard InChI is InChI=1S/C12H11F3N2O2/c1-8-3-2-4-9(5-16)11(8)17(6-10(18)19)7-12(13,14)15/h2-4H,6-7H2,1H3,(H,18,19). The summed E-state index contributed by atoms with van der Waals surface area (Å²) in [5.74, 6) is -1.39. The van der Waals surface area contributed by atoms with Gasteiger partial charge in [0.2, 0.25) is 0 Å². The number of aryl methyl sites for hydroxylation is 1. The van der Waals surface area contributed by atoms with Crippen LogP contribution in [0.5, 0.6) is 0 Å². The van der Waals surface area contributed by atoms with Crippen LogP contribution in [0.25, 0.3) is 0 Å². The molecule has 0 aromatic heterocycles. The highest BCUT2D eigenvalue weighted by Gasteiger charge is 2.33. The Labute approximate surface area is 107 Å². The number of carboxylic acid groups (broad SMARTS) is 1. The first-order valence-electron chi connectivity index (χ1n) is 5.28. The van der Waals surface area contributed by atoms with E-state index in [1.807, 2.05) is 0 Å². The number of halogens is 3. The quantitative estimate of drug-likeness (QED) is 0.913. The first kappa shape index (κ1) is 14.8. The van der Waals surface area contributed by atoms with Gasteiger partial charge in [-0.3, -0.25) is 4.79 Å². The molecule has 1 aromatic rings. The van der Waals surface area contributed by atoms with Crippen molar-refractivity contribution in [2.75, 3.05) is 18.0 Å². The van der Waals surface area contributed by atoms with E-state index in [0.717, 1.165) is 0 Å². The highest BCUT2D eigenvalue weighted by Crippen LogP contribution is 2.28. The van der Waals surface area contributed by atoms with Crippen molar-refractivity contribution in [2.45, 2.75) is 13.1 Å². The summed E-state index contributed by atoms with van der Waals surface area (Å²) in [6.07, 6.45) is -4.55. The van der Waals surface area contributed by atoms with E-state index in [-0.39, 0.29) is 11.3 Å². The molecule has 0 atom stereocenters. The molecule has 1 aromatic carbocycles. The monoisotopic (exact) mass is 272 g/mol. The fraction of sp³-hybridized carbons (Fsp3) is 0.333. The zero-order valence-electron chi connectivity index (χ0n) is 10.0. The minimum absolute atomic E-state index is 0.00437. The number of benzene rings is 1. The lowest BCUT2D eigenvalue weighted by Crippen LogP contribution is -2.38. The normalized spacial score (nSPS) is 10.9. The summed E-state index contributed by atoms with van der Waals surface area (Å²) in [6.45, 7) is -0.709. The minimum atomic E-state index is -4.55. The van der Waals surface area contributed by atoms with E-state index in [9.17, 15) is 18.0 Å². The summed E-state index contributed by atoms with van der Waals surface area (Å²) >= 11 is 0. The van der Waals surface area contributed by atoms with Crippen molar-refractivity contribution in [3.8, 4) is 6.07 Å². The van der Waals surface area contributed by atoms with Crippen molar-refractivity contribution in [1.29, 1.82) is 5.26 Å². The molecule has 4 nitrogen and oxygen atoms in total. The highest BCUT2D eigenvalue weighted by atomic mass is 19.4. The summed E-state index contributed by atoms with van der Waals surface area (Å²) in [4.78, 5) is 11.3. The lowest BCUT2D eigenvalue weighted by molar-refractivity contribution is -0.136. The fourth-order valence-electron chi connectivity index (χ4n) is 1.76. The van der Waals surface area contributed by atoms with E-state index in [0.29, 0.717) is 10.5 Å². The average Bonchev–Trinajstić information content (AvgIpc) is 2.25. The Morgan fingerprint density at radius 1 is 1.47 bits per heavy atom. The van der Waals surface area contributed by atoms with Crippen LogP contribution in [0, 0.1) is 18.3 Å². The summed E-state index contributed by atoms with van der Waals surface area (Å²) < 4.78 is 37.5. The van der Waals surface area contributed by atoms with Gasteiger partial charge in [-0.2, -0.15) is 18.4 Å². The number of carbonyl (C=O) groups is 1. The lowest BCUT2D eigenvalue weighted by atomic mass is 10.1. The molecule has 0 spiro atoms. The third-order valence-corrected chi connectivity index (χ3v) is 2.37. The number of nitrogens with zero attached hydrogens (tertiary/aromatic N) is 2. The number of alkyl halides is 3. The number of aliphatic carboxylic acids is 1. The van der Waals surface area contributed by atoms with Crippen molar-refractivity contribution in [1.82, 2.24) is 0 Å². The first-order chi connectivity index (χ1) is 8.74. The zero-order valence-corrected chi connectivity index (χ0v) is 10.0. The Morgan fingerprint density at radius 3 is 2.58 bits per heavy atom. The van der Waals surface area contributed by atoms with E-state index in [1.165, 1.54) is 25.1 Å². The van der Waals surface area contributed by atoms with Gasteiger partial charge in [-0.05, 0) is 18.6 Å². The van der Waals surface area contributed by atoms with Crippen molar-refractivity contribution in [3.05, 3.63) is 29.3 Å². The number of rotatable bonds is 4. The van der Waals surface area contributed by atoms with Crippen molar-refractivity contribution < 1.29 is 23.1 Å². The molecule has 0 radical (unpaired) electrons. The molecule has 0 amide bonds. The number of para-hydroxylation sites is 1. The first-order valence-corrected chi connectivity index (χ1v) is 5.28. The topological polar surface area (TPSA) is 64.3 Å². The van der Waals surface area contributed by atoms with Gasteiger partial charge >= 0.3 is 12.1 Å². The largest absolute Gasteiger partial charge is 0.480 e. The third kappa shape index (κ3) is 4.17. The fourth-order valence-corrected chi connectivity index (χ4v) is 1.76. The summed E-state index contributed by atoms with van der Waals surface area (Å²) in [5, 5.41) is 17.6. The Bertz CT molecular complexity index is 521. The van der Waals surface area contributed by atoms with Gasteiger partial charge in [0.15, 0.2) is 0 Å². The molecular weight excluding hydrogens is 261 g/mol. The van der Waals surface area contributed by atoms with Crippen molar-refractivity contribution in [3.63, 3.8) is 0 Å². The second kappa shape index (κ2) is 5.61. The van der Waals surface area contributed by atoms with Crippen LogP contribution < -0.4 is 4.90 Å². The van der Waals surface area contributed by atoms with E-state index in [1.54, 1.807) is 6.07 Å².